The van der Waals surface area contributed by atoms with Crippen molar-refractivity contribution in [3.63, 3.8) is 0 Å². The molecule has 0 bridgehead atoms. The summed E-state index contributed by atoms with van der Waals surface area (Å²) < 4.78 is 33.0. The molecule has 0 heterocycles. The standard InChI is InChI=1S/C56H102N2O14.2ClH/c1-9-12-26-35-50(71-55(65)45-57(5,6)39-41-67-47(4)59)48(60)33-28-22-18-14-16-20-24-30-37-53(63)69-43-44-70-54(64)38-31-25-21-17-15-19-23-29-34-49(61)51(36-27-13-10-2)72-56(66)46-58(7,8)40-42-68-52(62)32-11-3;;/h22-23,28-29,48-51,60-61H,9-21,24-27,30-46H2,1-8H3;2*1H/q+2;;/p-2/b28-22-,29-23-;;. The Morgan fingerprint density at radius 3 is 1.19 bits per heavy atom. The van der Waals surface area contributed by atoms with Gasteiger partial charge in [0.05, 0.1) is 40.4 Å². The molecule has 0 aromatic carbocycles. The number of carbonyl (C=O) groups excluding carboxylic acids is 6. The summed E-state index contributed by atoms with van der Waals surface area (Å²) in [5, 5.41) is 21.8. The highest BCUT2D eigenvalue weighted by Crippen LogP contribution is 2.18. The molecule has 0 fully saturated rings. The largest absolute Gasteiger partial charge is 1.00 e. The van der Waals surface area contributed by atoms with Crippen LogP contribution in [0.1, 0.15) is 195 Å². The molecule has 0 spiro atoms. The van der Waals surface area contributed by atoms with Crippen molar-refractivity contribution in [1.82, 2.24) is 0 Å². The van der Waals surface area contributed by atoms with E-state index in [9.17, 15) is 39.0 Å². The molecular formula is C56H102Cl2N2O14. The van der Waals surface area contributed by atoms with Gasteiger partial charge in [-0.05, 0) is 83.5 Å². The van der Waals surface area contributed by atoms with Crippen LogP contribution in [-0.4, -0.2) is 160 Å². The molecule has 4 atom stereocenters. The number of quaternary nitrogens is 2. The highest BCUT2D eigenvalue weighted by atomic mass is 35.5. The van der Waals surface area contributed by atoms with Crippen molar-refractivity contribution in [2.45, 2.75) is 219 Å². The summed E-state index contributed by atoms with van der Waals surface area (Å²) in [6.45, 7) is 9.25. The van der Waals surface area contributed by atoms with Crippen molar-refractivity contribution >= 4 is 35.8 Å². The first-order valence-electron chi connectivity index (χ1n) is 27.6. The molecule has 0 saturated heterocycles. The Kier molecular flexibility index (Phi) is 48.7. The SMILES string of the molecule is CCCCCC(OC(=O)C[N+](C)(C)CCOC(C)=O)C(O)C/C=C\CCCCCCCC(=O)OCCOC(=O)CCCCCCC/C=C\CC(O)C(CCCCC)OC(=O)C[N+](C)(C)CCOC(=O)CCC.[Cl-].[Cl-]. The van der Waals surface area contributed by atoms with Crippen molar-refractivity contribution in [2.24, 2.45) is 0 Å². The second-order valence-corrected chi connectivity index (χ2v) is 20.6. The second-order valence-electron chi connectivity index (χ2n) is 20.6. The van der Waals surface area contributed by atoms with Gasteiger partial charge in [-0.2, -0.15) is 0 Å². The van der Waals surface area contributed by atoms with Crippen molar-refractivity contribution < 1.29 is 101 Å². The lowest BCUT2D eigenvalue weighted by Crippen LogP contribution is -3.00. The molecule has 74 heavy (non-hydrogen) atoms. The highest BCUT2D eigenvalue weighted by Gasteiger charge is 2.29. The van der Waals surface area contributed by atoms with E-state index < -0.39 is 24.4 Å². The van der Waals surface area contributed by atoms with Gasteiger partial charge in [0.1, 0.15) is 51.7 Å². The van der Waals surface area contributed by atoms with Crippen LogP contribution in [0.5, 0.6) is 0 Å². The molecular weight excluding hydrogens is 996 g/mol. The summed E-state index contributed by atoms with van der Waals surface area (Å²) in [7, 11) is 7.53. The Morgan fingerprint density at radius 2 is 0.797 bits per heavy atom. The maximum atomic E-state index is 12.9. The van der Waals surface area contributed by atoms with Crippen LogP contribution in [0.2, 0.25) is 0 Å². The number of unbranched alkanes of at least 4 members (excludes halogenated alkanes) is 14. The van der Waals surface area contributed by atoms with E-state index in [-0.39, 0.29) is 100 Å². The van der Waals surface area contributed by atoms with Crippen LogP contribution in [0.4, 0.5) is 0 Å². The van der Waals surface area contributed by atoms with Gasteiger partial charge in [-0.25, -0.2) is 9.59 Å². The Morgan fingerprint density at radius 1 is 0.432 bits per heavy atom. The average Bonchev–Trinajstić information content (AvgIpc) is 3.30. The second kappa shape index (κ2) is 48.1. The number of carbonyl (C=O) groups is 6. The zero-order valence-corrected chi connectivity index (χ0v) is 48.6. The zero-order valence-electron chi connectivity index (χ0n) is 47.1. The third-order valence-corrected chi connectivity index (χ3v) is 12.3. The molecule has 0 rings (SSSR count). The van der Waals surface area contributed by atoms with Crippen molar-refractivity contribution in [2.75, 3.05) is 80.8 Å². The number of aliphatic hydroxyl groups excluding tert-OH is 2. The van der Waals surface area contributed by atoms with E-state index >= 15 is 0 Å². The number of rotatable bonds is 47. The van der Waals surface area contributed by atoms with Gasteiger partial charge in [0, 0.05) is 26.2 Å². The van der Waals surface area contributed by atoms with Crippen LogP contribution in [0.25, 0.3) is 0 Å². The van der Waals surface area contributed by atoms with Crippen molar-refractivity contribution in [3.05, 3.63) is 24.3 Å². The fourth-order valence-corrected chi connectivity index (χ4v) is 7.83. The third-order valence-electron chi connectivity index (χ3n) is 12.3. The number of aliphatic hydroxyl groups is 2. The Hall–Kier alpha value is -3.28. The topological polar surface area (TPSA) is 198 Å². The quantitative estimate of drug-likeness (QED) is 0.0296. The van der Waals surface area contributed by atoms with Crippen LogP contribution in [0, 0.1) is 0 Å². The predicted octanol–water partition coefficient (Wildman–Crippen LogP) is 3.20. The molecule has 18 heteroatoms. The summed E-state index contributed by atoms with van der Waals surface area (Å²) in [4.78, 5) is 72.7. The van der Waals surface area contributed by atoms with Gasteiger partial charge in [-0.3, -0.25) is 19.2 Å². The number of esters is 6. The number of nitrogens with zero attached hydrogens (tertiary/aromatic N) is 2. The van der Waals surface area contributed by atoms with E-state index in [4.69, 9.17) is 28.4 Å². The van der Waals surface area contributed by atoms with Gasteiger partial charge in [0.15, 0.2) is 13.1 Å². The van der Waals surface area contributed by atoms with Crippen molar-refractivity contribution in [1.29, 1.82) is 0 Å². The van der Waals surface area contributed by atoms with Gasteiger partial charge >= 0.3 is 35.8 Å². The van der Waals surface area contributed by atoms with Gasteiger partial charge in [-0.15, -0.1) is 0 Å². The van der Waals surface area contributed by atoms with Gasteiger partial charge in [0.2, 0.25) is 0 Å². The summed E-state index contributed by atoms with van der Waals surface area (Å²) in [5.41, 5.74) is 0. The highest BCUT2D eigenvalue weighted by molar-refractivity contribution is 5.72. The van der Waals surface area contributed by atoms with Crippen LogP contribution in [0.3, 0.4) is 0 Å². The van der Waals surface area contributed by atoms with Crippen LogP contribution >= 0.6 is 0 Å². The molecule has 0 radical (unpaired) electrons. The molecule has 0 amide bonds. The summed E-state index contributed by atoms with van der Waals surface area (Å²) in [6, 6.07) is 0. The van der Waals surface area contributed by atoms with Crippen LogP contribution < -0.4 is 24.8 Å². The summed E-state index contributed by atoms with van der Waals surface area (Å²) in [5.74, 6) is -1.92. The predicted molar refractivity (Wildman–Crippen MR) is 280 cm³/mol. The fourth-order valence-electron chi connectivity index (χ4n) is 7.83. The van der Waals surface area contributed by atoms with E-state index in [2.05, 4.69) is 26.0 Å². The fraction of sp³-hybridized carbons (Fsp3) is 0.821. The normalized spacial score (nSPS) is 13.3. The maximum absolute atomic E-state index is 12.9. The lowest BCUT2D eigenvalue weighted by atomic mass is 10.0. The Labute approximate surface area is 459 Å². The monoisotopic (exact) mass is 1100 g/mol. The number of halogens is 2. The average molecular weight is 1100 g/mol. The number of hydrogen-bond donors (Lipinski definition) is 2. The lowest BCUT2D eigenvalue weighted by Gasteiger charge is -2.30. The van der Waals surface area contributed by atoms with E-state index in [0.717, 1.165) is 122 Å². The molecule has 0 aromatic heterocycles. The first kappa shape index (κ1) is 75.0. The molecule has 0 aliphatic heterocycles. The van der Waals surface area contributed by atoms with E-state index in [1.54, 1.807) is 0 Å². The Balaban J connectivity index is -0.0000252. The lowest BCUT2D eigenvalue weighted by molar-refractivity contribution is -0.883. The minimum atomic E-state index is -0.789. The maximum Gasteiger partial charge on any atom is 0.362 e. The third kappa shape index (κ3) is 46.1. The smallest absolute Gasteiger partial charge is 0.362 e. The minimum absolute atomic E-state index is 0. The first-order chi connectivity index (χ1) is 34.3. The Bertz CT molecular complexity index is 1530. The number of ether oxygens (including phenoxy) is 6. The molecule has 434 valence electrons. The first-order valence-corrected chi connectivity index (χ1v) is 27.6. The molecule has 16 nitrogen and oxygen atoms in total. The van der Waals surface area contributed by atoms with Gasteiger partial charge in [0.25, 0.3) is 0 Å². The molecule has 0 aliphatic carbocycles. The van der Waals surface area contributed by atoms with E-state index in [1.807, 2.05) is 47.3 Å². The van der Waals surface area contributed by atoms with Crippen LogP contribution in [-0.2, 0) is 57.2 Å². The zero-order chi connectivity index (χ0) is 53.9. The molecule has 2 N–H and O–H groups in total. The van der Waals surface area contributed by atoms with E-state index in [0.29, 0.717) is 67.0 Å². The van der Waals surface area contributed by atoms with E-state index in [1.165, 1.54) is 6.92 Å². The molecule has 0 saturated carbocycles. The minimum Gasteiger partial charge on any atom is -1.00 e. The van der Waals surface area contributed by atoms with Crippen LogP contribution in [0.15, 0.2) is 24.3 Å². The summed E-state index contributed by atoms with van der Waals surface area (Å²) >= 11 is 0. The van der Waals surface area contributed by atoms with Gasteiger partial charge < -0.3 is 72.4 Å². The summed E-state index contributed by atoms with van der Waals surface area (Å²) in [6.07, 6.45) is 26.0. The molecule has 0 aliphatic rings. The van der Waals surface area contributed by atoms with Crippen molar-refractivity contribution in [3.8, 4) is 0 Å². The number of likely N-dealkylation sites (N-methyl/N-ethyl adjacent to an activating group) is 2. The molecule has 0 aromatic rings. The number of hydrogen-bond acceptors (Lipinski definition) is 14. The number of allylic oxidation sites excluding steroid dienone is 2. The van der Waals surface area contributed by atoms with Gasteiger partial charge in [-0.1, -0.05) is 109 Å². The molecule has 4 unspecified atom stereocenters.